The number of nitrogens with one attached hydrogen (secondary N) is 2. The smallest absolute Gasteiger partial charge is 0.341 e. The van der Waals surface area contributed by atoms with Crippen molar-refractivity contribution in [3.05, 3.63) is 40.3 Å². The molecule has 0 fully saturated rings. The average molecular weight is 477 g/mol. The fourth-order valence-electron chi connectivity index (χ4n) is 4.16. The summed E-state index contributed by atoms with van der Waals surface area (Å²) in [5.74, 6) is 0.959. The van der Waals surface area contributed by atoms with Crippen LogP contribution in [0.4, 0.5) is 5.00 Å². The number of hydrogen-bond acceptors (Lipinski definition) is 7. The van der Waals surface area contributed by atoms with Crippen molar-refractivity contribution in [3.8, 4) is 5.75 Å². The zero-order valence-electron chi connectivity index (χ0n) is 19.6. The summed E-state index contributed by atoms with van der Waals surface area (Å²) in [6.45, 7) is 10.5. The first-order valence-electron chi connectivity index (χ1n) is 10.8. The van der Waals surface area contributed by atoms with E-state index in [1.54, 1.807) is 25.8 Å². The normalized spacial score (nSPS) is 16.2. The maximum absolute atomic E-state index is 12.9. The second-order valence-corrected chi connectivity index (χ2v) is 11.2. The monoisotopic (exact) mass is 476 g/mol. The number of benzene rings is 1. The molecule has 1 aliphatic heterocycles. The van der Waals surface area contributed by atoms with Crippen LogP contribution in [0.1, 0.15) is 61.8 Å². The average Bonchev–Trinajstić information content (AvgIpc) is 3.05. The highest BCUT2D eigenvalue weighted by atomic mass is 32.2. The van der Waals surface area contributed by atoms with Gasteiger partial charge in [-0.2, -0.15) is 0 Å². The summed E-state index contributed by atoms with van der Waals surface area (Å²) in [6.07, 6.45) is 1.04. The molecule has 1 aromatic heterocycles. The molecule has 6 nitrogen and oxygen atoms in total. The highest BCUT2D eigenvalue weighted by molar-refractivity contribution is 7.99. The molecule has 0 atom stereocenters. The fraction of sp³-hybridized carbons (Fsp3) is 0.500. The molecule has 32 heavy (non-hydrogen) atoms. The van der Waals surface area contributed by atoms with E-state index in [-0.39, 0.29) is 23.0 Å². The number of methoxy groups -OCH3 is 1. The minimum absolute atomic E-state index is 0.111. The third-order valence-electron chi connectivity index (χ3n) is 5.23. The third-order valence-corrected chi connectivity index (χ3v) is 7.72. The molecule has 8 heteroatoms. The number of fused-ring (bicyclic) bond motifs is 1. The van der Waals surface area contributed by atoms with Gasteiger partial charge in [0.05, 0.1) is 19.3 Å². The van der Waals surface area contributed by atoms with Crippen molar-refractivity contribution >= 4 is 40.0 Å². The lowest BCUT2D eigenvalue weighted by atomic mass is 9.81. The van der Waals surface area contributed by atoms with Crippen molar-refractivity contribution in [1.82, 2.24) is 5.32 Å². The Hall–Kier alpha value is -2.03. The van der Waals surface area contributed by atoms with Crippen LogP contribution in [0.15, 0.2) is 29.2 Å². The van der Waals surface area contributed by atoms with Gasteiger partial charge in [0.25, 0.3) is 0 Å². The first kappa shape index (κ1) is 24.6. The molecule has 0 saturated heterocycles. The van der Waals surface area contributed by atoms with Gasteiger partial charge in [-0.05, 0) is 70.9 Å². The zero-order chi connectivity index (χ0) is 23.5. The van der Waals surface area contributed by atoms with Gasteiger partial charge in [-0.1, -0.05) is 0 Å². The fourth-order valence-corrected chi connectivity index (χ4v) is 6.29. The molecule has 2 heterocycles. The van der Waals surface area contributed by atoms with E-state index in [0.29, 0.717) is 35.8 Å². The summed E-state index contributed by atoms with van der Waals surface area (Å²) < 4.78 is 10.5. The second kappa shape index (κ2) is 9.85. The predicted molar refractivity (Wildman–Crippen MR) is 131 cm³/mol. The molecule has 0 unspecified atom stereocenters. The number of amides is 1. The number of anilines is 1. The molecule has 0 spiro atoms. The quantitative estimate of drug-likeness (QED) is 0.402. The van der Waals surface area contributed by atoms with Gasteiger partial charge in [0.15, 0.2) is 0 Å². The maximum atomic E-state index is 12.9. The Morgan fingerprint density at radius 3 is 2.50 bits per heavy atom. The van der Waals surface area contributed by atoms with Crippen molar-refractivity contribution in [1.29, 1.82) is 0 Å². The van der Waals surface area contributed by atoms with Gasteiger partial charge in [-0.3, -0.25) is 4.79 Å². The van der Waals surface area contributed by atoms with Crippen LogP contribution in [0.3, 0.4) is 0 Å². The number of thiophene rings is 1. The molecule has 1 aliphatic rings. The van der Waals surface area contributed by atoms with Gasteiger partial charge >= 0.3 is 5.97 Å². The molecule has 0 radical (unpaired) electrons. The van der Waals surface area contributed by atoms with E-state index in [0.717, 1.165) is 21.1 Å². The van der Waals surface area contributed by atoms with E-state index < -0.39 is 0 Å². The number of esters is 1. The van der Waals surface area contributed by atoms with Crippen LogP contribution >= 0.6 is 23.1 Å². The number of rotatable bonds is 8. The minimum atomic E-state index is -0.374. The molecule has 0 aliphatic carbocycles. The van der Waals surface area contributed by atoms with E-state index >= 15 is 0 Å². The number of hydrogen-bond donors (Lipinski definition) is 2. The van der Waals surface area contributed by atoms with Crippen molar-refractivity contribution in [2.45, 2.75) is 63.4 Å². The van der Waals surface area contributed by atoms with Gasteiger partial charge in [-0.25, -0.2) is 4.79 Å². The van der Waals surface area contributed by atoms with Crippen LogP contribution in [0.2, 0.25) is 0 Å². The van der Waals surface area contributed by atoms with Crippen molar-refractivity contribution in [2.75, 3.05) is 24.8 Å². The van der Waals surface area contributed by atoms with E-state index in [9.17, 15) is 9.59 Å². The van der Waals surface area contributed by atoms with Crippen LogP contribution in [-0.2, 0) is 21.5 Å². The van der Waals surface area contributed by atoms with Crippen LogP contribution in [0.25, 0.3) is 0 Å². The molecular formula is C24H32N2O4S2. The van der Waals surface area contributed by atoms with Crippen LogP contribution in [0.5, 0.6) is 5.75 Å². The van der Waals surface area contributed by atoms with E-state index in [1.807, 2.05) is 24.3 Å². The Labute approximate surface area is 198 Å². The Bertz CT molecular complexity index is 981. The maximum Gasteiger partial charge on any atom is 0.341 e. The second-order valence-electron chi connectivity index (χ2n) is 8.97. The van der Waals surface area contributed by atoms with Crippen LogP contribution in [0, 0.1) is 0 Å². The number of ether oxygens (including phenoxy) is 2. The molecule has 1 amide bonds. The van der Waals surface area contributed by atoms with Gasteiger partial charge in [0.2, 0.25) is 5.91 Å². The highest BCUT2D eigenvalue weighted by Crippen LogP contribution is 2.45. The first-order chi connectivity index (χ1) is 15.1. The van der Waals surface area contributed by atoms with Gasteiger partial charge in [0.1, 0.15) is 10.8 Å². The molecule has 174 valence electrons. The Morgan fingerprint density at radius 1 is 1.19 bits per heavy atom. The molecular weight excluding hydrogens is 444 g/mol. The summed E-state index contributed by atoms with van der Waals surface area (Å²) in [6, 6.07) is 7.76. The lowest BCUT2D eigenvalue weighted by Crippen LogP contribution is -2.55. The molecule has 0 bridgehead atoms. The van der Waals surface area contributed by atoms with Crippen molar-refractivity contribution in [2.24, 2.45) is 0 Å². The van der Waals surface area contributed by atoms with Crippen molar-refractivity contribution in [3.63, 3.8) is 0 Å². The molecule has 2 N–H and O–H groups in total. The zero-order valence-corrected chi connectivity index (χ0v) is 21.2. The summed E-state index contributed by atoms with van der Waals surface area (Å²) in [5.41, 5.74) is 1.00. The minimum Gasteiger partial charge on any atom is -0.497 e. The Morgan fingerprint density at radius 2 is 1.88 bits per heavy atom. The predicted octanol–water partition coefficient (Wildman–Crippen LogP) is 5.21. The van der Waals surface area contributed by atoms with E-state index in [1.165, 1.54) is 11.3 Å². The molecule has 3 rings (SSSR count). The van der Waals surface area contributed by atoms with Gasteiger partial charge < -0.3 is 20.1 Å². The standard InChI is InChI=1S/C24H32N2O4S2/c1-7-30-22(28)19-17-14-23(2,3)26-24(4,5)20(17)32-21(19)25-18(27)12-13-31-16-10-8-15(29-6)9-11-16/h8-11,26H,7,12-14H2,1-6H3,(H,25,27). The molecule has 1 aromatic carbocycles. The largest absolute Gasteiger partial charge is 0.497 e. The lowest BCUT2D eigenvalue weighted by molar-refractivity contribution is -0.115. The van der Waals surface area contributed by atoms with Gasteiger partial charge in [0, 0.05) is 33.0 Å². The van der Waals surface area contributed by atoms with Crippen molar-refractivity contribution < 1.29 is 19.1 Å². The Balaban J connectivity index is 1.75. The first-order valence-corrected chi connectivity index (χ1v) is 12.6. The number of carbonyl (C=O) groups excluding carboxylic acids is 2. The summed E-state index contributed by atoms with van der Waals surface area (Å²) in [5, 5.41) is 7.23. The van der Waals surface area contributed by atoms with E-state index in [4.69, 9.17) is 9.47 Å². The topological polar surface area (TPSA) is 76.7 Å². The summed E-state index contributed by atoms with van der Waals surface area (Å²) in [7, 11) is 1.64. The number of thioether (sulfide) groups is 1. The van der Waals surface area contributed by atoms with Gasteiger partial charge in [-0.15, -0.1) is 23.1 Å². The summed E-state index contributed by atoms with van der Waals surface area (Å²) >= 11 is 3.08. The van der Waals surface area contributed by atoms with Crippen LogP contribution in [-0.4, -0.2) is 36.9 Å². The lowest BCUT2D eigenvalue weighted by Gasteiger charge is -2.42. The number of carbonyl (C=O) groups is 2. The molecule has 0 saturated carbocycles. The third kappa shape index (κ3) is 5.66. The van der Waals surface area contributed by atoms with Crippen LogP contribution < -0.4 is 15.4 Å². The summed E-state index contributed by atoms with van der Waals surface area (Å²) in [4.78, 5) is 27.7. The Kier molecular flexibility index (Phi) is 7.57. The van der Waals surface area contributed by atoms with E-state index in [2.05, 4.69) is 38.3 Å². The molecule has 2 aromatic rings. The SMILES string of the molecule is CCOC(=O)c1c(NC(=O)CCSc2ccc(OC)cc2)sc2c1CC(C)(C)NC2(C)C. The highest BCUT2D eigenvalue weighted by Gasteiger charge is 2.42.